The van der Waals surface area contributed by atoms with Crippen LogP contribution in [0.5, 0.6) is 0 Å². The van der Waals surface area contributed by atoms with Crippen molar-refractivity contribution >= 4 is 11.6 Å². The summed E-state index contributed by atoms with van der Waals surface area (Å²) < 4.78 is 0. The Hall–Kier alpha value is -1.31. The molecule has 0 atom stereocenters. The molecule has 14 heavy (non-hydrogen) atoms. The van der Waals surface area contributed by atoms with E-state index in [-0.39, 0.29) is 5.91 Å². The standard InChI is InChI=1S/C12H15NO/c1-9-5-3-7-11-10(9)6-4-8-12(14)13(11)2/h3,5,7H,4,6,8H2,1-2H3. The lowest BCUT2D eigenvalue weighted by molar-refractivity contribution is -0.118. The van der Waals surface area contributed by atoms with Crippen LogP contribution in [0, 0.1) is 6.92 Å². The Balaban J connectivity index is 2.53. The molecule has 1 amide bonds. The molecule has 0 aromatic heterocycles. The number of carbonyl (C=O) groups is 1. The second-order valence-electron chi connectivity index (χ2n) is 3.88. The topological polar surface area (TPSA) is 20.3 Å². The van der Waals surface area contributed by atoms with Crippen molar-refractivity contribution in [3.8, 4) is 0 Å². The highest BCUT2D eigenvalue weighted by Gasteiger charge is 2.19. The van der Waals surface area contributed by atoms with Gasteiger partial charge in [-0.1, -0.05) is 12.1 Å². The Bertz CT molecular complexity index is 371. The van der Waals surface area contributed by atoms with E-state index in [1.165, 1.54) is 11.1 Å². The summed E-state index contributed by atoms with van der Waals surface area (Å²) in [6.07, 6.45) is 2.67. The van der Waals surface area contributed by atoms with E-state index in [4.69, 9.17) is 0 Å². The molecule has 2 nitrogen and oxygen atoms in total. The smallest absolute Gasteiger partial charge is 0.226 e. The fourth-order valence-corrected chi connectivity index (χ4v) is 2.04. The van der Waals surface area contributed by atoms with E-state index in [2.05, 4.69) is 13.0 Å². The predicted molar refractivity (Wildman–Crippen MR) is 57.5 cm³/mol. The van der Waals surface area contributed by atoms with E-state index in [1.807, 2.05) is 19.2 Å². The monoisotopic (exact) mass is 189 g/mol. The highest BCUT2D eigenvalue weighted by molar-refractivity contribution is 5.94. The van der Waals surface area contributed by atoms with Crippen LogP contribution in [0.3, 0.4) is 0 Å². The number of rotatable bonds is 0. The minimum atomic E-state index is 0.231. The molecule has 0 aliphatic carbocycles. The van der Waals surface area contributed by atoms with Gasteiger partial charge in [-0.25, -0.2) is 0 Å². The summed E-state index contributed by atoms with van der Waals surface area (Å²) in [5.41, 5.74) is 3.72. The first kappa shape index (κ1) is 9.25. The highest BCUT2D eigenvalue weighted by atomic mass is 16.2. The van der Waals surface area contributed by atoms with Crippen molar-refractivity contribution in [2.24, 2.45) is 0 Å². The van der Waals surface area contributed by atoms with Gasteiger partial charge in [-0.2, -0.15) is 0 Å². The number of amides is 1. The molecule has 1 heterocycles. The van der Waals surface area contributed by atoms with Gasteiger partial charge < -0.3 is 4.90 Å². The second kappa shape index (κ2) is 3.45. The van der Waals surface area contributed by atoms with Crippen LogP contribution in [0.4, 0.5) is 5.69 Å². The van der Waals surface area contributed by atoms with Crippen molar-refractivity contribution in [3.05, 3.63) is 29.3 Å². The first-order chi connectivity index (χ1) is 6.70. The molecule has 0 fully saturated rings. The Kier molecular flexibility index (Phi) is 2.28. The molecule has 2 heteroatoms. The highest BCUT2D eigenvalue weighted by Crippen LogP contribution is 2.28. The molecule has 0 saturated carbocycles. The number of carbonyl (C=O) groups excluding carboxylic acids is 1. The maximum atomic E-state index is 11.6. The maximum absolute atomic E-state index is 11.6. The summed E-state index contributed by atoms with van der Waals surface area (Å²) in [6.45, 7) is 2.11. The quantitative estimate of drug-likeness (QED) is 0.613. The minimum Gasteiger partial charge on any atom is -0.315 e. The van der Waals surface area contributed by atoms with Crippen molar-refractivity contribution in [2.45, 2.75) is 26.2 Å². The van der Waals surface area contributed by atoms with Crippen molar-refractivity contribution in [3.63, 3.8) is 0 Å². The number of nitrogens with zero attached hydrogens (tertiary/aromatic N) is 1. The third kappa shape index (κ3) is 1.41. The summed E-state index contributed by atoms with van der Waals surface area (Å²) in [5, 5.41) is 0. The number of fused-ring (bicyclic) bond motifs is 1. The van der Waals surface area contributed by atoms with E-state index in [1.54, 1.807) is 4.90 Å². The number of hydrogen-bond acceptors (Lipinski definition) is 1. The van der Waals surface area contributed by atoms with Gasteiger partial charge in [0.2, 0.25) is 5.91 Å². The van der Waals surface area contributed by atoms with Crippen LogP contribution >= 0.6 is 0 Å². The van der Waals surface area contributed by atoms with E-state index < -0.39 is 0 Å². The SMILES string of the molecule is Cc1cccc2c1CCCC(=O)N2C. The van der Waals surface area contributed by atoms with Crippen LogP contribution in [0.25, 0.3) is 0 Å². The van der Waals surface area contributed by atoms with E-state index >= 15 is 0 Å². The molecule has 74 valence electrons. The van der Waals surface area contributed by atoms with Crippen LogP contribution in [-0.2, 0) is 11.2 Å². The lowest BCUT2D eigenvalue weighted by Gasteiger charge is -2.18. The largest absolute Gasteiger partial charge is 0.315 e. The summed E-state index contributed by atoms with van der Waals surface area (Å²) in [6, 6.07) is 6.16. The summed E-state index contributed by atoms with van der Waals surface area (Å²) in [5.74, 6) is 0.231. The summed E-state index contributed by atoms with van der Waals surface area (Å²) >= 11 is 0. The minimum absolute atomic E-state index is 0.231. The van der Waals surface area contributed by atoms with Gasteiger partial charge in [0, 0.05) is 19.2 Å². The molecule has 1 aromatic rings. The van der Waals surface area contributed by atoms with Gasteiger partial charge in [0.15, 0.2) is 0 Å². The van der Waals surface area contributed by atoms with Crippen LogP contribution in [0.15, 0.2) is 18.2 Å². The molecule has 0 N–H and O–H groups in total. The Morgan fingerprint density at radius 2 is 2.07 bits per heavy atom. The van der Waals surface area contributed by atoms with Crippen molar-refractivity contribution in [2.75, 3.05) is 11.9 Å². The first-order valence-electron chi connectivity index (χ1n) is 5.05. The van der Waals surface area contributed by atoms with Gasteiger partial charge in [-0.15, -0.1) is 0 Å². The van der Waals surface area contributed by atoms with Gasteiger partial charge in [0.25, 0.3) is 0 Å². The average Bonchev–Trinajstić information content (AvgIpc) is 2.31. The lowest BCUT2D eigenvalue weighted by atomic mass is 10.0. The zero-order chi connectivity index (χ0) is 10.1. The summed E-state index contributed by atoms with van der Waals surface area (Å²) in [4.78, 5) is 13.4. The molecular weight excluding hydrogens is 174 g/mol. The molecule has 0 unspecified atom stereocenters. The lowest BCUT2D eigenvalue weighted by Crippen LogP contribution is -2.25. The second-order valence-corrected chi connectivity index (χ2v) is 3.88. The van der Waals surface area contributed by atoms with E-state index in [0.717, 1.165) is 18.5 Å². The maximum Gasteiger partial charge on any atom is 0.226 e. The fourth-order valence-electron chi connectivity index (χ4n) is 2.04. The normalized spacial score (nSPS) is 16.4. The molecule has 0 saturated heterocycles. The molecule has 0 spiro atoms. The molecular formula is C12H15NO. The average molecular weight is 189 g/mol. The van der Waals surface area contributed by atoms with Crippen molar-refractivity contribution < 1.29 is 4.79 Å². The number of aryl methyl sites for hydroxylation is 1. The van der Waals surface area contributed by atoms with Gasteiger partial charge >= 0.3 is 0 Å². The van der Waals surface area contributed by atoms with Crippen LogP contribution < -0.4 is 4.90 Å². The molecule has 2 rings (SSSR count). The number of benzene rings is 1. The van der Waals surface area contributed by atoms with Gasteiger partial charge in [0.1, 0.15) is 0 Å². The summed E-state index contributed by atoms with van der Waals surface area (Å²) in [7, 11) is 1.87. The molecule has 1 aromatic carbocycles. The molecule has 1 aliphatic rings. The fraction of sp³-hybridized carbons (Fsp3) is 0.417. The van der Waals surface area contributed by atoms with Crippen LogP contribution in [0.1, 0.15) is 24.0 Å². The molecule has 0 bridgehead atoms. The van der Waals surface area contributed by atoms with Crippen LogP contribution in [0.2, 0.25) is 0 Å². The Morgan fingerprint density at radius 1 is 1.29 bits per heavy atom. The zero-order valence-corrected chi connectivity index (χ0v) is 8.71. The third-order valence-electron chi connectivity index (χ3n) is 2.94. The third-order valence-corrected chi connectivity index (χ3v) is 2.94. The van der Waals surface area contributed by atoms with Crippen LogP contribution in [-0.4, -0.2) is 13.0 Å². The van der Waals surface area contributed by atoms with Gasteiger partial charge in [-0.3, -0.25) is 4.79 Å². The predicted octanol–water partition coefficient (Wildman–Crippen LogP) is 2.29. The van der Waals surface area contributed by atoms with E-state index in [0.29, 0.717) is 6.42 Å². The van der Waals surface area contributed by atoms with Gasteiger partial charge in [-0.05, 0) is 37.0 Å². The zero-order valence-electron chi connectivity index (χ0n) is 8.71. The van der Waals surface area contributed by atoms with E-state index in [9.17, 15) is 4.79 Å². The van der Waals surface area contributed by atoms with Crippen molar-refractivity contribution in [1.29, 1.82) is 0 Å². The molecule has 1 aliphatic heterocycles. The number of hydrogen-bond donors (Lipinski definition) is 0. The van der Waals surface area contributed by atoms with Gasteiger partial charge in [0.05, 0.1) is 0 Å². The Labute approximate surface area is 84.5 Å². The Morgan fingerprint density at radius 3 is 2.86 bits per heavy atom. The molecule has 0 radical (unpaired) electrons. The first-order valence-corrected chi connectivity index (χ1v) is 5.05. The van der Waals surface area contributed by atoms with Crippen molar-refractivity contribution in [1.82, 2.24) is 0 Å². The number of anilines is 1.